The Morgan fingerprint density at radius 2 is 1.60 bits per heavy atom. The highest BCUT2D eigenvalue weighted by molar-refractivity contribution is 7.16. The molecule has 0 saturated carbocycles. The predicted octanol–water partition coefficient (Wildman–Crippen LogP) is 6.19. The van der Waals surface area contributed by atoms with Crippen LogP contribution in [0, 0.1) is 0 Å². The zero-order valence-corrected chi connectivity index (χ0v) is 14.4. The van der Waals surface area contributed by atoms with Crippen LogP contribution in [0.4, 0.5) is 0 Å². The Balaban J connectivity index is 1.90. The van der Waals surface area contributed by atoms with Gasteiger partial charge in [0.2, 0.25) is 0 Å². The molecule has 1 aromatic rings. The van der Waals surface area contributed by atoms with Crippen molar-refractivity contribution in [1.82, 2.24) is 0 Å². The van der Waals surface area contributed by atoms with E-state index in [1.165, 1.54) is 62.7 Å². The van der Waals surface area contributed by atoms with E-state index in [1.807, 2.05) is 6.07 Å². The maximum atomic E-state index is 6.17. The number of unbranched alkanes of at least 4 members (excludes halogenated alkanes) is 8. The normalized spacial score (nSPS) is 12.8. The fourth-order valence-electron chi connectivity index (χ4n) is 2.54. The lowest BCUT2D eigenvalue weighted by molar-refractivity contribution is 0.523. The van der Waals surface area contributed by atoms with Gasteiger partial charge in [-0.25, -0.2) is 0 Å². The van der Waals surface area contributed by atoms with Crippen LogP contribution in [0.2, 0.25) is 4.34 Å². The van der Waals surface area contributed by atoms with Crippen molar-refractivity contribution in [3.8, 4) is 0 Å². The number of halogens is 1. The molecule has 1 atom stereocenters. The first-order chi connectivity index (χ1) is 9.72. The van der Waals surface area contributed by atoms with Gasteiger partial charge in [0.05, 0.1) is 4.34 Å². The Hall–Kier alpha value is -0.0500. The van der Waals surface area contributed by atoms with Crippen LogP contribution in [0.15, 0.2) is 12.1 Å². The number of nitrogens with two attached hydrogens (primary N) is 1. The van der Waals surface area contributed by atoms with Crippen LogP contribution in [-0.2, 0) is 6.42 Å². The minimum Gasteiger partial charge on any atom is -0.327 e. The fourth-order valence-corrected chi connectivity index (χ4v) is 3.72. The van der Waals surface area contributed by atoms with Crippen molar-refractivity contribution in [2.24, 2.45) is 5.73 Å². The SMILES string of the molecule is CCCCCCCCCCCC(N)Cc1ccc(Cl)s1. The van der Waals surface area contributed by atoms with Crippen molar-refractivity contribution in [3.63, 3.8) is 0 Å². The maximum absolute atomic E-state index is 6.17. The largest absolute Gasteiger partial charge is 0.327 e. The fraction of sp³-hybridized carbons (Fsp3) is 0.765. The third-order valence-corrected chi connectivity index (χ3v) is 5.02. The second-order valence-corrected chi connectivity index (χ2v) is 7.59. The maximum Gasteiger partial charge on any atom is 0.0931 e. The average molecular weight is 316 g/mol. The molecular formula is C17H30ClNS. The van der Waals surface area contributed by atoms with E-state index >= 15 is 0 Å². The van der Waals surface area contributed by atoms with E-state index in [2.05, 4.69) is 13.0 Å². The molecule has 0 aliphatic heterocycles. The van der Waals surface area contributed by atoms with Crippen LogP contribution < -0.4 is 5.73 Å². The topological polar surface area (TPSA) is 26.0 Å². The molecule has 1 aromatic heterocycles. The first kappa shape index (κ1) is 18.0. The van der Waals surface area contributed by atoms with Gasteiger partial charge in [-0.1, -0.05) is 76.3 Å². The molecule has 0 amide bonds. The lowest BCUT2D eigenvalue weighted by Crippen LogP contribution is -2.22. The minimum absolute atomic E-state index is 0.300. The van der Waals surface area contributed by atoms with Gasteiger partial charge in [0, 0.05) is 10.9 Å². The summed E-state index contributed by atoms with van der Waals surface area (Å²) in [5, 5.41) is 0. The Kier molecular flexibility index (Phi) is 10.4. The average Bonchev–Trinajstić information content (AvgIpc) is 2.82. The second-order valence-electron chi connectivity index (χ2n) is 5.79. The van der Waals surface area contributed by atoms with E-state index in [-0.39, 0.29) is 0 Å². The summed E-state index contributed by atoms with van der Waals surface area (Å²) in [5.74, 6) is 0. The highest BCUT2D eigenvalue weighted by Crippen LogP contribution is 2.23. The van der Waals surface area contributed by atoms with Gasteiger partial charge < -0.3 is 5.73 Å². The molecule has 3 heteroatoms. The summed E-state index contributed by atoms with van der Waals surface area (Å²) in [6.45, 7) is 2.27. The van der Waals surface area contributed by atoms with Gasteiger partial charge in [-0.2, -0.15) is 0 Å². The summed E-state index contributed by atoms with van der Waals surface area (Å²) in [6, 6.07) is 4.37. The van der Waals surface area contributed by atoms with Crippen LogP contribution in [0.1, 0.15) is 76.0 Å². The highest BCUT2D eigenvalue weighted by Gasteiger charge is 2.06. The van der Waals surface area contributed by atoms with Crippen molar-refractivity contribution in [2.75, 3.05) is 0 Å². The summed E-state index contributed by atoms with van der Waals surface area (Å²) in [4.78, 5) is 1.32. The molecule has 0 aliphatic carbocycles. The van der Waals surface area contributed by atoms with Gasteiger partial charge in [0.1, 0.15) is 0 Å². The van der Waals surface area contributed by atoms with Crippen molar-refractivity contribution >= 4 is 22.9 Å². The van der Waals surface area contributed by atoms with Crippen molar-refractivity contribution in [3.05, 3.63) is 21.3 Å². The molecule has 0 saturated heterocycles. The lowest BCUT2D eigenvalue weighted by Gasteiger charge is -2.10. The minimum atomic E-state index is 0.300. The zero-order chi connectivity index (χ0) is 14.6. The third kappa shape index (κ3) is 8.99. The number of thiophene rings is 1. The molecule has 116 valence electrons. The molecule has 0 bridgehead atoms. The van der Waals surface area contributed by atoms with E-state index in [0.29, 0.717) is 6.04 Å². The van der Waals surface area contributed by atoms with Gasteiger partial charge in [-0.15, -0.1) is 11.3 Å². The molecule has 0 aliphatic rings. The molecule has 1 rings (SSSR count). The molecule has 0 radical (unpaired) electrons. The first-order valence-corrected chi connectivity index (χ1v) is 9.41. The Morgan fingerprint density at radius 3 is 2.15 bits per heavy atom. The smallest absolute Gasteiger partial charge is 0.0931 e. The first-order valence-electron chi connectivity index (χ1n) is 8.22. The van der Waals surface area contributed by atoms with Gasteiger partial charge >= 0.3 is 0 Å². The molecule has 1 unspecified atom stereocenters. The quantitative estimate of drug-likeness (QED) is 0.457. The lowest BCUT2D eigenvalue weighted by atomic mass is 10.0. The van der Waals surface area contributed by atoms with E-state index in [1.54, 1.807) is 11.3 Å². The van der Waals surface area contributed by atoms with Gasteiger partial charge in [-0.3, -0.25) is 0 Å². The predicted molar refractivity (Wildman–Crippen MR) is 92.9 cm³/mol. The van der Waals surface area contributed by atoms with Crippen molar-refractivity contribution in [2.45, 2.75) is 83.6 Å². The van der Waals surface area contributed by atoms with Crippen LogP contribution in [0.3, 0.4) is 0 Å². The summed E-state index contributed by atoms with van der Waals surface area (Å²) >= 11 is 7.59. The molecule has 0 aromatic carbocycles. The van der Waals surface area contributed by atoms with Gasteiger partial charge in [-0.05, 0) is 25.0 Å². The summed E-state index contributed by atoms with van der Waals surface area (Å²) < 4.78 is 0.871. The van der Waals surface area contributed by atoms with E-state index in [4.69, 9.17) is 17.3 Å². The molecule has 0 fully saturated rings. The molecule has 1 nitrogen and oxygen atoms in total. The van der Waals surface area contributed by atoms with E-state index in [0.717, 1.165) is 17.2 Å². The van der Waals surface area contributed by atoms with Crippen molar-refractivity contribution in [1.29, 1.82) is 0 Å². The van der Waals surface area contributed by atoms with Crippen LogP contribution >= 0.6 is 22.9 Å². The molecule has 2 N–H and O–H groups in total. The second kappa shape index (κ2) is 11.6. The monoisotopic (exact) mass is 315 g/mol. The number of rotatable bonds is 12. The van der Waals surface area contributed by atoms with E-state index in [9.17, 15) is 0 Å². The van der Waals surface area contributed by atoms with Gasteiger partial charge in [0.15, 0.2) is 0 Å². The van der Waals surface area contributed by atoms with Gasteiger partial charge in [0.25, 0.3) is 0 Å². The number of hydrogen-bond donors (Lipinski definition) is 1. The Labute approximate surface area is 133 Å². The zero-order valence-electron chi connectivity index (χ0n) is 12.9. The standard InChI is InChI=1S/C17H30ClNS/c1-2-3-4-5-6-7-8-9-10-11-15(19)14-16-12-13-17(18)20-16/h12-13,15H,2-11,14,19H2,1H3. The number of hydrogen-bond acceptors (Lipinski definition) is 2. The van der Waals surface area contributed by atoms with Crippen LogP contribution in [-0.4, -0.2) is 6.04 Å². The Bertz CT molecular complexity index is 337. The van der Waals surface area contributed by atoms with Crippen LogP contribution in [0.5, 0.6) is 0 Å². The summed E-state index contributed by atoms with van der Waals surface area (Å²) in [6.07, 6.45) is 14.5. The molecule has 1 heterocycles. The summed E-state index contributed by atoms with van der Waals surface area (Å²) in [5.41, 5.74) is 6.17. The Morgan fingerprint density at radius 1 is 1.00 bits per heavy atom. The molecule has 0 spiro atoms. The molecule has 20 heavy (non-hydrogen) atoms. The van der Waals surface area contributed by atoms with E-state index < -0.39 is 0 Å². The summed E-state index contributed by atoms with van der Waals surface area (Å²) in [7, 11) is 0. The van der Waals surface area contributed by atoms with Crippen LogP contribution in [0.25, 0.3) is 0 Å². The highest BCUT2D eigenvalue weighted by atomic mass is 35.5. The molecular weight excluding hydrogens is 286 g/mol. The van der Waals surface area contributed by atoms with Crippen molar-refractivity contribution < 1.29 is 0 Å². The third-order valence-electron chi connectivity index (χ3n) is 3.77.